The van der Waals surface area contributed by atoms with E-state index in [0.29, 0.717) is 0 Å². The number of methoxy groups -OCH3 is 1. The lowest BCUT2D eigenvalue weighted by Gasteiger charge is -2.15. The smallest absolute Gasteiger partial charge is 0.432 e. The van der Waals surface area contributed by atoms with Crippen molar-refractivity contribution in [2.24, 2.45) is 0 Å². The van der Waals surface area contributed by atoms with Crippen LogP contribution in [0, 0.1) is 0 Å². The van der Waals surface area contributed by atoms with E-state index in [4.69, 9.17) is 19.3 Å². The van der Waals surface area contributed by atoms with E-state index in [0.717, 1.165) is 0 Å². The first kappa shape index (κ1) is 18.5. The van der Waals surface area contributed by atoms with E-state index < -0.39 is 24.5 Å². The molecular formula is C12H22O8. The van der Waals surface area contributed by atoms with E-state index >= 15 is 0 Å². The van der Waals surface area contributed by atoms with Gasteiger partial charge in [-0.25, -0.2) is 9.59 Å². The third kappa shape index (κ3) is 10.4. The fourth-order valence-corrected chi connectivity index (χ4v) is 0.901. The molecule has 8 nitrogen and oxygen atoms in total. The molecule has 0 rings (SSSR count). The summed E-state index contributed by atoms with van der Waals surface area (Å²) < 4.78 is 23.7. The Morgan fingerprint density at radius 2 is 1.40 bits per heavy atom. The van der Waals surface area contributed by atoms with Gasteiger partial charge in [-0.3, -0.25) is 0 Å². The molecule has 0 fully saturated rings. The topological polar surface area (TPSA) is 101 Å². The summed E-state index contributed by atoms with van der Waals surface area (Å²) in [6.07, 6.45) is -3.50. The van der Waals surface area contributed by atoms with Gasteiger partial charge in [0.1, 0.15) is 25.9 Å². The Hall–Kier alpha value is -1.54. The summed E-state index contributed by atoms with van der Waals surface area (Å²) >= 11 is 0. The van der Waals surface area contributed by atoms with Crippen molar-refractivity contribution in [2.45, 2.75) is 39.1 Å². The monoisotopic (exact) mass is 294 g/mol. The van der Waals surface area contributed by atoms with Crippen molar-refractivity contribution in [1.82, 2.24) is 0 Å². The van der Waals surface area contributed by atoms with Gasteiger partial charge in [-0.1, -0.05) is 0 Å². The molecule has 0 aliphatic carbocycles. The summed E-state index contributed by atoms with van der Waals surface area (Å²) in [6.45, 7) is 4.47. The molecule has 118 valence electrons. The summed E-state index contributed by atoms with van der Waals surface area (Å²) in [6, 6.07) is 0. The number of aliphatic hydroxyl groups is 1. The first-order valence-corrected chi connectivity index (χ1v) is 6.19. The predicted octanol–water partition coefficient (Wildman–Crippen LogP) is 1.10. The minimum atomic E-state index is -0.942. The van der Waals surface area contributed by atoms with Crippen LogP contribution in [0.5, 0.6) is 0 Å². The van der Waals surface area contributed by atoms with Gasteiger partial charge >= 0.3 is 12.3 Å². The summed E-state index contributed by atoms with van der Waals surface area (Å²) in [5.41, 5.74) is 0. The lowest BCUT2D eigenvalue weighted by atomic mass is 10.4. The number of carbonyl (C=O) groups excluding carboxylic acids is 2. The molecule has 0 saturated heterocycles. The van der Waals surface area contributed by atoms with Crippen LogP contribution in [0.2, 0.25) is 0 Å². The molecule has 0 aromatic carbocycles. The van der Waals surface area contributed by atoms with Gasteiger partial charge in [-0.2, -0.15) is 0 Å². The maximum Gasteiger partial charge on any atom is 0.508 e. The number of hydrogen-bond acceptors (Lipinski definition) is 8. The molecule has 0 amide bonds. The standard InChI is InChI=1S/C12H22O8/c1-8(13)5-17-11(14)18-7-10(3)20-12(15)19-6-9(2)16-4/h8-10,13H,5-7H2,1-4H3. The third-order valence-corrected chi connectivity index (χ3v) is 2.01. The molecule has 0 heterocycles. The van der Waals surface area contributed by atoms with Crippen molar-refractivity contribution in [3.63, 3.8) is 0 Å². The van der Waals surface area contributed by atoms with Gasteiger partial charge in [0.15, 0.2) is 0 Å². The number of carbonyl (C=O) groups is 2. The highest BCUT2D eigenvalue weighted by molar-refractivity contribution is 5.61. The van der Waals surface area contributed by atoms with E-state index in [9.17, 15) is 9.59 Å². The zero-order valence-corrected chi connectivity index (χ0v) is 12.2. The lowest BCUT2D eigenvalue weighted by Crippen LogP contribution is -2.26. The van der Waals surface area contributed by atoms with E-state index in [1.807, 2.05) is 0 Å². The summed E-state index contributed by atoms with van der Waals surface area (Å²) in [5.74, 6) is 0. The molecule has 3 atom stereocenters. The molecule has 0 aromatic heterocycles. The van der Waals surface area contributed by atoms with Crippen molar-refractivity contribution in [2.75, 3.05) is 26.9 Å². The van der Waals surface area contributed by atoms with Crippen LogP contribution >= 0.6 is 0 Å². The highest BCUT2D eigenvalue weighted by Crippen LogP contribution is 1.99. The van der Waals surface area contributed by atoms with Crippen molar-refractivity contribution >= 4 is 12.3 Å². The van der Waals surface area contributed by atoms with Crippen molar-refractivity contribution in [3.8, 4) is 0 Å². The van der Waals surface area contributed by atoms with Crippen molar-refractivity contribution in [1.29, 1.82) is 0 Å². The van der Waals surface area contributed by atoms with Crippen molar-refractivity contribution in [3.05, 3.63) is 0 Å². The molecule has 20 heavy (non-hydrogen) atoms. The second kappa shape index (κ2) is 10.3. The zero-order chi connectivity index (χ0) is 15.5. The minimum Gasteiger partial charge on any atom is -0.432 e. The number of rotatable bonds is 8. The molecular weight excluding hydrogens is 272 g/mol. The zero-order valence-electron chi connectivity index (χ0n) is 12.2. The first-order chi connectivity index (χ1) is 9.35. The van der Waals surface area contributed by atoms with Crippen LogP contribution < -0.4 is 0 Å². The Kier molecular flexibility index (Phi) is 9.48. The van der Waals surface area contributed by atoms with Gasteiger partial charge in [0, 0.05) is 7.11 Å². The van der Waals surface area contributed by atoms with E-state index in [1.54, 1.807) is 6.92 Å². The summed E-state index contributed by atoms with van der Waals surface area (Å²) in [7, 11) is 1.49. The Bertz CT molecular complexity index is 291. The summed E-state index contributed by atoms with van der Waals surface area (Å²) in [5, 5.41) is 8.89. The number of ether oxygens (including phenoxy) is 5. The predicted molar refractivity (Wildman–Crippen MR) is 67.3 cm³/mol. The molecule has 0 bridgehead atoms. The fraction of sp³-hybridized carbons (Fsp3) is 0.833. The second-order valence-corrected chi connectivity index (χ2v) is 4.26. The maximum atomic E-state index is 11.2. The summed E-state index contributed by atoms with van der Waals surface area (Å²) in [4.78, 5) is 22.3. The highest BCUT2D eigenvalue weighted by atomic mass is 16.8. The molecule has 0 aliphatic rings. The molecule has 3 unspecified atom stereocenters. The average molecular weight is 294 g/mol. The third-order valence-electron chi connectivity index (χ3n) is 2.01. The van der Waals surface area contributed by atoms with Gasteiger partial charge < -0.3 is 28.8 Å². The lowest BCUT2D eigenvalue weighted by molar-refractivity contribution is -0.0296. The van der Waals surface area contributed by atoms with Crippen LogP contribution in [0.1, 0.15) is 20.8 Å². The fourth-order valence-electron chi connectivity index (χ4n) is 0.901. The van der Waals surface area contributed by atoms with Gasteiger partial charge in [-0.15, -0.1) is 0 Å². The average Bonchev–Trinajstić information content (AvgIpc) is 2.40. The number of aliphatic hydroxyl groups excluding tert-OH is 1. The Labute approximate surface area is 117 Å². The van der Waals surface area contributed by atoms with Crippen LogP contribution in [0.4, 0.5) is 9.59 Å². The molecule has 0 saturated carbocycles. The van der Waals surface area contributed by atoms with Gasteiger partial charge in [-0.05, 0) is 20.8 Å². The molecule has 0 spiro atoms. The van der Waals surface area contributed by atoms with Crippen LogP contribution in [0.25, 0.3) is 0 Å². The highest BCUT2D eigenvalue weighted by Gasteiger charge is 2.15. The largest absolute Gasteiger partial charge is 0.508 e. The molecule has 1 N–H and O–H groups in total. The van der Waals surface area contributed by atoms with Gasteiger partial charge in [0.25, 0.3) is 0 Å². The minimum absolute atomic E-state index is 0.0688. The van der Waals surface area contributed by atoms with E-state index in [2.05, 4.69) is 9.47 Å². The SMILES string of the molecule is COC(C)COC(=O)OC(C)COC(=O)OCC(C)O. The number of hydrogen-bond donors (Lipinski definition) is 1. The quantitative estimate of drug-likeness (QED) is 0.664. The van der Waals surface area contributed by atoms with Crippen LogP contribution in [-0.2, 0) is 23.7 Å². The van der Waals surface area contributed by atoms with Crippen molar-refractivity contribution < 1.29 is 38.4 Å². The normalized spacial score (nSPS) is 14.8. The first-order valence-electron chi connectivity index (χ1n) is 6.19. The van der Waals surface area contributed by atoms with Crippen LogP contribution in [0.3, 0.4) is 0 Å². The molecule has 0 aromatic rings. The Balaban J connectivity index is 3.74. The Morgan fingerprint density at radius 3 is 1.95 bits per heavy atom. The Morgan fingerprint density at radius 1 is 0.900 bits per heavy atom. The molecule has 0 radical (unpaired) electrons. The molecule has 0 aliphatic heterocycles. The van der Waals surface area contributed by atoms with E-state index in [1.165, 1.54) is 21.0 Å². The van der Waals surface area contributed by atoms with Gasteiger partial charge in [0.05, 0.1) is 12.2 Å². The second-order valence-electron chi connectivity index (χ2n) is 4.26. The van der Waals surface area contributed by atoms with Crippen LogP contribution in [0.15, 0.2) is 0 Å². The molecule has 8 heteroatoms. The van der Waals surface area contributed by atoms with Gasteiger partial charge in [0.2, 0.25) is 0 Å². The maximum absolute atomic E-state index is 11.2. The van der Waals surface area contributed by atoms with Crippen LogP contribution in [-0.4, -0.2) is 62.7 Å². The van der Waals surface area contributed by atoms with E-state index in [-0.39, 0.29) is 25.9 Å².